The molecule has 0 heterocycles. The van der Waals surface area contributed by atoms with Crippen LogP contribution >= 0.6 is 0 Å². The van der Waals surface area contributed by atoms with Gasteiger partial charge >= 0.3 is 5.97 Å². The maximum Gasteiger partial charge on any atom is 0.320 e. The zero-order chi connectivity index (χ0) is 13.5. The first kappa shape index (κ1) is 14.3. The lowest BCUT2D eigenvalue weighted by molar-refractivity contribution is -0.139. The van der Waals surface area contributed by atoms with Crippen LogP contribution in [-0.2, 0) is 4.79 Å². The van der Waals surface area contributed by atoms with Crippen LogP contribution in [0.25, 0.3) is 0 Å². The molecule has 18 heavy (non-hydrogen) atoms. The van der Waals surface area contributed by atoms with Gasteiger partial charge in [-0.3, -0.25) is 4.79 Å². The Morgan fingerprint density at radius 3 is 2.78 bits per heavy atom. The second-order valence-corrected chi connectivity index (χ2v) is 4.21. The molecule has 0 saturated heterocycles. The summed E-state index contributed by atoms with van der Waals surface area (Å²) < 4.78 is 5.55. The van der Waals surface area contributed by atoms with Crippen molar-refractivity contribution in [3.05, 3.63) is 24.3 Å². The number of carboxylic acids is 1. The van der Waals surface area contributed by atoms with Gasteiger partial charge in [0.05, 0.1) is 6.61 Å². The number of hydrogen-bond donors (Lipinski definition) is 2. The minimum Gasteiger partial charge on any atom is -0.493 e. The minimum absolute atomic E-state index is 0.370. The van der Waals surface area contributed by atoms with Gasteiger partial charge in [-0.05, 0) is 19.2 Å². The Morgan fingerprint density at radius 1 is 1.50 bits per heavy atom. The van der Waals surface area contributed by atoms with Gasteiger partial charge in [-0.15, -0.1) is 0 Å². The second kappa shape index (κ2) is 6.86. The van der Waals surface area contributed by atoms with E-state index in [0.717, 1.165) is 11.4 Å². The van der Waals surface area contributed by atoms with Crippen LogP contribution < -0.4 is 15.0 Å². The quantitative estimate of drug-likeness (QED) is 0.763. The van der Waals surface area contributed by atoms with Gasteiger partial charge < -0.3 is 20.1 Å². The zero-order valence-corrected chi connectivity index (χ0v) is 11.0. The third kappa shape index (κ3) is 4.25. The lowest BCUT2D eigenvalue weighted by Gasteiger charge is -2.15. The molecule has 1 atom stereocenters. The molecule has 0 radical (unpaired) electrons. The number of ether oxygens (including phenoxy) is 1. The van der Waals surface area contributed by atoms with Crippen molar-refractivity contribution in [2.45, 2.75) is 12.5 Å². The van der Waals surface area contributed by atoms with Crippen LogP contribution in [0, 0.1) is 0 Å². The molecule has 0 spiro atoms. The van der Waals surface area contributed by atoms with Crippen molar-refractivity contribution in [1.82, 2.24) is 5.32 Å². The van der Waals surface area contributed by atoms with Gasteiger partial charge in [0.15, 0.2) is 0 Å². The normalized spacial score (nSPS) is 11.9. The van der Waals surface area contributed by atoms with Crippen molar-refractivity contribution >= 4 is 11.7 Å². The van der Waals surface area contributed by atoms with Gasteiger partial charge in [-0.2, -0.15) is 0 Å². The van der Waals surface area contributed by atoms with Crippen LogP contribution in [0.2, 0.25) is 0 Å². The fourth-order valence-electron chi connectivity index (χ4n) is 1.54. The molecule has 1 aromatic rings. The van der Waals surface area contributed by atoms with E-state index in [1.165, 1.54) is 0 Å². The smallest absolute Gasteiger partial charge is 0.320 e. The molecule has 0 aliphatic rings. The van der Waals surface area contributed by atoms with Gasteiger partial charge in [0.1, 0.15) is 11.8 Å². The molecule has 0 aliphatic heterocycles. The molecule has 1 rings (SSSR count). The van der Waals surface area contributed by atoms with Crippen LogP contribution in [0.15, 0.2) is 24.3 Å². The predicted octanol–water partition coefficient (Wildman–Crippen LogP) is 1.19. The molecule has 0 aromatic heterocycles. The van der Waals surface area contributed by atoms with E-state index >= 15 is 0 Å². The number of rotatable bonds is 7. The fraction of sp³-hybridized carbons (Fsp3) is 0.462. The van der Waals surface area contributed by atoms with E-state index in [4.69, 9.17) is 9.84 Å². The van der Waals surface area contributed by atoms with Crippen LogP contribution in [0.5, 0.6) is 5.75 Å². The molecule has 1 aromatic carbocycles. The van der Waals surface area contributed by atoms with Crippen molar-refractivity contribution in [2.75, 3.05) is 32.6 Å². The van der Waals surface area contributed by atoms with E-state index in [-0.39, 0.29) is 0 Å². The molecule has 0 fully saturated rings. The molecule has 5 heteroatoms. The third-order valence-corrected chi connectivity index (χ3v) is 2.66. The topological polar surface area (TPSA) is 61.8 Å². The fourth-order valence-corrected chi connectivity index (χ4v) is 1.54. The highest BCUT2D eigenvalue weighted by atomic mass is 16.5. The van der Waals surface area contributed by atoms with E-state index in [1.807, 2.05) is 43.3 Å². The number of benzene rings is 1. The first-order chi connectivity index (χ1) is 8.54. The zero-order valence-electron chi connectivity index (χ0n) is 11.0. The highest BCUT2D eigenvalue weighted by Gasteiger charge is 2.14. The summed E-state index contributed by atoms with van der Waals surface area (Å²) >= 11 is 0. The number of anilines is 1. The van der Waals surface area contributed by atoms with Crippen molar-refractivity contribution in [3.8, 4) is 5.75 Å². The molecule has 0 amide bonds. The summed E-state index contributed by atoms with van der Waals surface area (Å²) in [7, 11) is 5.55. The van der Waals surface area contributed by atoms with Gasteiger partial charge in [0.25, 0.3) is 0 Å². The molecule has 1 unspecified atom stereocenters. The number of carbonyl (C=O) groups is 1. The molecular weight excluding hydrogens is 232 g/mol. The number of carboxylic acid groups (broad SMARTS) is 1. The van der Waals surface area contributed by atoms with Crippen LogP contribution in [0.1, 0.15) is 6.42 Å². The summed E-state index contributed by atoms with van der Waals surface area (Å²) in [5.41, 5.74) is 1.05. The van der Waals surface area contributed by atoms with Gasteiger partial charge in [-0.1, -0.05) is 6.07 Å². The van der Waals surface area contributed by atoms with Crippen molar-refractivity contribution in [2.24, 2.45) is 0 Å². The number of likely N-dealkylation sites (N-methyl/N-ethyl adjacent to an activating group) is 1. The van der Waals surface area contributed by atoms with E-state index < -0.39 is 12.0 Å². The van der Waals surface area contributed by atoms with Crippen LogP contribution in [-0.4, -0.2) is 44.9 Å². The lowest BCUT2D eigenvalue weighted by Crippen LogP contribution is -2.35. The van der Waals surface area contributed by atoms with E-state index in [2.05, 4.69) is 5.32 Å². The summed E-state index contributed by atoms with van der Waals surface area (Å²) in [6.07, 6.45) is 0.429. The number of nitrogens with zero attached hydrogens (tertiary/aromatic N) is 1. The van der Waals surface area contributed by atoms with Gasteiger partial charge in [0.2, 0.25) is 0 Å². The Labute approximate surface area is 107 Å². The third-order valence-electron chi connectivity index (χ3n) is 2.66. The molecule has 5 nitrogen and oxygen atoms in total. The molecule has 2 N–H and O–H groups in total. The largest absolute Gasteiger partial charge is 0.493 e. The molecular formula is C13H20N2O3. The number of aliphatic carboxylic acids is 1. The summed E-state index contributed by atoms with van der Waals surface area (Å²) in [5, 5.41) is 11.6. The van der Waals surface area contributed by atoms with Gasteiger partial charge in [-0.25, -0.2) is 0 Å². The minimum atomic E-state index is -0.858. The highest BCUT2D eigenvalue weighted by molar-refractivity contribution is 5.73. The predicted molar refractivity (Wildman–Crippen MR) is 71.4 cm³/mol. The Kier molecular flexibility index (Phi) is 5.45. The molecule has 0 bridgehead atoms. The summed E-state index contributed by atoms with van der Waals surface area (Å²) in [6.45, 7) is 0.370. The Bertz CT molecular complexity index is 394. The average molecular weight is 252 g/mol. The van der Waals surface area contributed by atoms with E-state index in [9.17, 15) is 4.79 Å². The first-order valence-electron chi connectivity index (χ1n) is 5.85. The van der Waals surface area contributed by atoms with Crippen molar-refractivity contribution in [3.63, 3.8) is 0 Å². The monoisotopic (exact) mass is 252 g/mol. The summed E-state index contributed by atoms with van der Waals surface area (Å²) in [5.74, 6) is -0.107. The van der Waals surface area contributed by atoms with E-state index in [0.29, 0.717) is 13.0 Å². The Hall–Kier alpha value is -1.75. The number of nitrogens with one attached hydrogen (secondary N) is 1. The first-order valence-corrected chi connectivity index (χ1v) is 5.85. The number of hydrogen-bond acceptors (Lipinski definition) is 4. The summed E-state index contributed by atoms with van der Waals surface area (Å²) in [4.78, 5) is 12.8. The van der Waals surface area contributed by atoms with Gasteiger partial charge in [0, 0.05) is 32.3 Å². The molecule has 0 aliphatic carbocycles. The molecule has 0 saturated carbocycles. The van der Waals surface area contributed by atoms with E-state index in [1.54, 1.807) is 7.05 Å². The standard InChI is InChI=1S/C13H20N2O3/c1-14-12(13(16)17)7-8-18-11-6-4-5-10(9-11)15(2)3/h4-6,9,12,14H,7-8H2,1-3H3,(H,16,17). The van der Waals surface area contributed by atoms with Crippen molar-refractivity contribution < 1.29 is 14.6 Å². The SMILES string of the molecule is CNC(CCOc1cccc(N(C)C)c1)C(=O)O. The Balaban J connectivity index is 2.48. The van der Waals surface area contributed by atoms with Crippen molar-refractivity contribution in [1.29, 1.82) is 0 Å². The van der Waals surface area contributed by atoms with Crippen LogP contribution in [0.4, 0.5) is 5.69 Å². The molecule has 100 valence electrons. The maximum absolute atomic E-state index is 10.8. The van der Waals surface area contributed by atoms with Crippen LogP contribution in [0.3, 0.4) is 0 Å². The lowest BCUT2D eigenvalue weighted by atomic mass is 10.2. The average Bonchev–Trinajstić information content (AvgIpc) is 2.34. The Morgan fingerprint density at radius 2 is 2.22 bits per heavy atom. The summed E-state index contributed by atoms with van der Waals surface area (Å²) in [6, 6.07) is 7.12. The second-order valence-electron chi connectivity index (χ2n) is 4.21. The highest BCUT2D eigenvalue weighted by Crippen LogP contribution is 2.19. The maximum atomic E-state index is 10.8.